The number of carbonyl (C=O) groups is 2. The van der Waals surface area contributed by atoms with Gasteiger partial charge in [-0.05, 0) is 49.3 Å². The smallest absolute Gasteiger partial charge is 0.309 e. The Balaban J connectivity index is 1.88. The van der Waals surface area contributed by atoms with Gasteiger partial charge in [0.25, 0.3) is 0 Å². The van der Waals surface area contributed by atoms with E-state index in [0.717, 1.165) is 0 Å². The Labute approximate surface area is 232 Å². The van der Waals surface area contributed by atoms with Crippen LogP contribution in [0.3, 0.4) is 0 Å². The molecule has 0 bridgehead atoms. The summed E-state index contributed by atoms with van der Waals surface area (Å²) in [7, 11) is 0. The van der Waals surface area contributed by atoms with E-state index in [9.17, 15) is 25.1 Å². The minimum atomic E-state index is -1.32. The standard InChI is InChI=1S/C27H37N5O6S/c1-15-7-6-8-27(14-28)21(38-27)10-19(16(2)9-18-13-39-22(31-18)12-30-32-29)37-23(34)11-20(33)26(4,5)25(36)17(3)24(15)35/h9,13,15,17,19-21,24,33,35H,6-8,10-12H2,1-5H3/b16-9+/t15-,17+,19-,20-,21?,24-,27+/m0/s1. The lowest BCUT2D eigenvalue weighted by Gasteiger charge is -2.34. The molecule has 0 aliphatic carbocycles. The summed E-state index contributed by atoms with van der Waals surface area (Å²) in [6.07, 6.45) is -0.193. The number of ketones is 1. The van der Waals surface area contributed by atoms with E-state index < -0.39 is 53.7 Å². The SMILES string of the molecule is C/C(=C\c1csc(CN=[N+]=[N-])n1)[C@@H]1CC2O[C@@]2(C#N)CCC[C@H](C)[C@H](O)[C@@H](C)C(=O)C(C)(C)[C@@H](O)CC(=O)O1. The highest BCUT2D eigenvalue weighted by Crippen LogP contribution is 2.45. The van der Waals surface area contributed by atoms with Crippen molar-refractivity contribution in [1.82, 2.24) is 4.98 Å². The average molecular weight is 560 g/mol. The molecule has 212 valence electrons. The van der Waals surface area contributed by atoms with E-state index in [0.29, 0.717) is 35.5 Å². The van der Waals surface area contributed by atoms with Gasteiger partial charge >= 0.3 is 5.97 Å². The molecular formula is C27H37N5O6S. The van der Waals surface area contributed by atoms with Gasteiger partial charge in [0, 0.05) is 22.6 Å². The lowest BCUT2D eigenvalue weighted by molar-refractivity contribution is -0.154. The van der Waals surface area contributed by atoms with Crippen LogP contribution in [0.25, 0.3) is 16.5 Å². The summed E-state index contributed by atoms with van der Waals surface area (Å²) in [6.45, 7) is 8.56. The minimum Gasteiger partial charge on any atom is -0.458 e. The second kappa shape index (κ2) is 12.6. The Hall–Kier alpha value is -2.81. The Kier molecular flexibility index (Phi) is 9.91. The van der Waals surface area contributed by atoms with Crippen LogP contribution in [0.1, 0.15) is 77.4 Å². The second-order valence-corrected chi connectivity index (χ2v) is 12.2. The summed E-state index contributed by atoms with van der Waals surface area (Å²) in [5.74, 6) is -1.98. The number of fused-ring (bicyclic) bond motifs is 1. The molecule has 3 rings (SSSR count). The van der Waals surface area contributed by atoms with Crippen LogP contribution in [0.5, 0.6) is 0 Å². The number of nitriles is 1. The van der Waals surface area contributed by atoms with Crippen molar-refractivity contribution in [3.05, 3.63) is 32.1 Å². The number of aliphatic hydroxyl groups is 2. The zero-order valence-electron chi connectivity index (χ0n) is 23.0. The van der Waals surface area contributed by atoms with Crippen molar-refractivity contribution >= 4 is 29.2 Å². The summed E-state index contributed by atoms with van der Waals surface area (Å²) in [5.41, 5.74) is 7.53. The lowest BCUT2D eigenvalue weighted by Crippen LogP contribution is -2.45. The van der Waals surface area contributed by atoms with E-state index in [2.05, 4.69) is 21.1 Å². The van der Waals surface area contributed by atoms with Gasteiger partial charge < -0.3 is 19.7 Å². The van der Waals surface area contributed by atoms with Crippen molar-refractivity contribution < 1.29 is 29.3 Å². The maximum Gasteiger partial charge on any atom is 0.309 e. The van der Waals surface area contributed by atoms with Crippen LogP contribution in [0.15, 0.2) is 16.1 Å². The number of carbonyl (C=O) groups excluding carboxylic acids is 2. The van der Waals surface area contributed by atoms with Gasteiger partial charge in [-0.2, -0.15) is 5.26 Å². The molecular weight excluding hydrogens is 522 g/mol. The molecule has 1 aromatic heterocycles. The first-order valence-electron chi connectivity index (χ1n) is 13.2. The third-order valence-electron chi connectivity index (χ3n) is 7.97. The number of Topliss-reactive ketones (excluding diaryl/α,β-unsaturated/α-hetero) is 1. The van der Waals surface area contributed by atoms with Crippen molar-refractivity contribution in [2.75, 3.05) is 0 Å². The molecule has 12 heteroatoms. The van der Waals surface area contributed by atoms with Crippen molar-refractivity contribution in [1.29, 1.82) is 5.26 Å². The first kappa shape index (κ1) is 30.7. The van der Waals surface area contributed by atoms with E-state index in [4.69, 9.17) is 15.0 Å². The number of thiazole rings is 1. The topological polar surface area (TPSA) is 182 Å². The first-order chi connectivity index (χ1) is 18.3. The summed E-state index contributed by atoms with van der Waals surface area (Å²) in [4.78, 5) is 33.4. The fraction of sp³-hybridized carbons (Fsp3) is 0.704. The summed E-state index contributed by atoms with van der Waals surface area (Å²) < 4.78 is 11.6. The van der Waals surface area contributed by atoms with Crippen LogP contribution in [0.4, 0.5) is 0 Å². The van der Waals surface area contributed by atoms with Crippen molar-refractivity contribution in [3.8, 4) is 6.07 Å². The number of hydrogen-bond acceptors (Lipinski definition) is 10. The molecule has 1 unspecified atom stereocenters. The predicted octanol–water partition coefficient (Wildman–Crippen LogP) is 4.48. The largest absolute Gasteiger partial charge is 0.458 e. The Morgan fingerprint density at radius 3 is 2.77 bits per heavy atom. The number of aromatic nitrogens is 1. The van der Waals surface area contributed by atoms with Crippen LogP contribution in [0, 0.1) is 28.6 Å². The minimum absolute atomic E-state index is 0.133. The van der Waals surface area contributed by atoms with Crippen LogP contribution in [-0.4, -0.2) is 57.0 Å². The number of esters is 1. The maximum atomic E-state index is 13.3. The van der Waals surface area contributed by atoms with Crippen LogP contribution in [0.2, 0.25) is 0 Å². The number of epoxide rings is 1. The van der Waals surface area contributed by atoms with Gasteiger partial charge in [-0.15, -0.1) is 11.3 Å². The zero-order valence-corrected chi connectivity index (χ0v) is 23.8. The molecule has 0 radical (unpaired) electrons. The molecule has 0 aromatic carbocycles. The molecule has 3 heterocycles. The van der Waals surface area contributed by atoms with E-state index in [1.807, 2.05) is 6.92 Å². The van der Waals surface area contributed by atoms with Crippen LogP contribution < -0.4 is 0 Å². The van der Waals surface area contributed by atoms with Crippen LogP contribution >= 0.6 is 11.3 Å². The van der Waals surface area contributed by atoms with Gasteiger partial charge in [-0.3, -0.25) is 9.59 Å². The molecule has 2 saturated heterocycles. The van der Waals surface area contributed by atoms with Crippen molar-refractivity contribution in [3.63, 3.8) is 0 Å². The van der Waals surface area contributed by atoms with Gasteiger partial charge in [0.15, 0.2) is 5.60 Å². The monoisotopic (exact) mass is 559 g/mol. The average Bonchev–Trinajstić information content (AvgIpc) is 3.39. The molecule has 2 fully saturated rings. The predicted molar refractivity (Wildman–Crippen MR) is 144 cm³/mol. The Morgan fingerprint density at radius 1 is 1.38 bits per heavy atom. The third-order valence-corrected chi connectivity index (χ3v) is 8.83. The molecule has 7 atom stereocenters. The number of aliphatic hydroxyl groups excluding tert-OH is 2. The number of rotatable bonds is 4. The number of nitrogens with zero attached hydrogens (tertiary/aromatic N) is 5. The molecule has 2 aliphatic heterocycles. The number of cyclic esters (lactones) is 1. The van der Waals surface area contributed by atoms with Crippen LogP contribution in [-0.2, 0) is 25.6 Å². The molecule has 2 N–H and O–H groups in total. The number of hydrogen-bond donors (Lipinski definition) is 2. The van der Waals surface area contributed by atoms with Crippen molar-refractivity contribution in [2.45, 2.75) is 103 Å². The van der Waals surface area contributed by atoms with Gasteiger partial charge in [0.05, 0.1) is 41.3 Å². The zero-order chi connectivity index (χ0) is 29.0. The highest BCUT2D eigenvalue weighted by atomic mass is 32.1. The summed E-state index contributed by atoms with van der Waals surface area (Å²) in [5, 5.41) is 37.6. The highest BCUT2D eigenvalue weighted by molar-refractivity contribution is 7.09. The summed E-state index contributed by atoms with van der Waals surface area (Å²) >= 11 is 1.34. The maximum absolute atomic E-state index is 13.3. The van der Waals surface area contributed by atoms with Gasteiger partial charge in [0.2, 0.25) is 0 Å². The Morgan fingerprint density at radius 2 is 2.10 bits per heavy atom. The quantitative estimate of drug-likeness (QED) is 0.178. The van der Waals surface area contributed by atoms with E-state index in [1.54, 1.807) is 39.2 Å². The molecule has 0 spiro atoms. The molecule has 0 amide bonds. The fourth-order valence-electron chi connectivity index (χ4n) is 5.11. The number of ether oxygens (including phenoxy) is 2. The van der Waals surface area contributed by atoms with E-state index in [1.165, 1.54) is 11.3 Å². The molecule has 0 saturated carbocycles. The van der Waals surface area contributed by atoms with E-state index in [-0.39, 0.29) is 24.7 Å². The normalized spacial score (nSPS) is 34.3. The fourth-order valence-corrected chi connectivity index (χ4v) is 5.78. The van der Waals surface area contributed by atoms with Crippen molar-refractivity contribution in [2.24, 2.45) is 22.4 Å². The molecule has 2 aliphatic rings. The second-order valence-electron chi connectivity index (χ2n) is 11.2. The molecule has 11 nitrogen and oxygen atoms in total. The number of azide groups is 1. The van der Waals surface area contributed by atoms with E-state index >= 15 is 0 Å². The Bertz CT molecular complexity index is 1190. The molecule has 1 aromatic rings. The highest BCUT2D eigenvalue weighted by Gasteiger charge is 2.57. The first-order valence-corrected chi connectivity index (χ1v) is 14.0. The summed E-state index contributed by atoms with van der Waals surface area (Å²) in [6, 6.07) is 2.27. The van der Waals surface area contributed by atoms with Gasteiger partial charge in [0.1, 0.15) is 24.1 Å². The molecule has 39 heavy (non-hydrogen) atoms. The third kappa shape index (κ3) is 7.24. The van der Waals surface area contributed by atoms with Gasteiger partial charge in [-0.25, -0.2) is 4.98 Å². The van der Waals surface area contributed by atoms with Gasteiger partial charge in [-0.1, -0.05) is 32.8 Å². The lowest BCUT2D eigenvalue weighted by atomic mass is 9.73.